The highest BCUT2D eigenvalue weighted by molar-refractivity contribution is 5.52. The standard InChI is InChI=1S/C19H19N7O/c1-2-5-14(6-3-1)19-22-17(24-27-19)13-25-10-8-21-18(25)16-11-15-12-20-7-4-9-26(15)23-16/h1-3,5-6,8,10-11,20H,4,7,9,12-13H2. The van der Waals surface area contributed by atoms with Gasteiger partial charge in [-0.2, -0.15) is 10.1 Å². The molecule has 0 radical (unpaired) electrons. The maximum Gasteiger partial charge on any atom is 0.257 e. The molecule has 0 unspecified atom stereocenters. The number of benzene rings is 1. The van der Waals surface area contributed by atoms with Gasteiger partial charge in [-0.25, -0.2) is 4.98 Å². The van der Waals surface area contributed by atoms with E-state index in [9.17, 15) is 0 Å². The van der Waals surface area contributed by atoms with Crippen LogP contribution in [0.1, 0.15) is 17.9 Å². The lowest BCUT2D eigenvalue weighted by atomic mass is 10.2. The van der Waals surface area contributed by atoms with Gasteiger partial charge in [0, 0.05) is 31.0 Å². The van der Waals surface area contributed by atoms with E-state index in [1.165, 1.54) is 5.69 Å². The number of nitrogens with one attached hydrogen (secondary N) is 1. The van der Waals surface area contributed by atoms with Gasteiger partial charge in [0.05, 0.1) is 12.2 Å². The van der Waals surface area contributed by atoms with E-state index >= 15 is 0 Å². The molecular weight excluding hydrogens is 342 g/mol. The molecule has 0 amide bonds. The summed E-state index contributed by atoms with van der Waals surface area (Å²) in [5.41, 5.74) is 2.96. The van der Waals surface area contributed by atoms with E-state index in [-0.39, 0.29) is 0 Å². The number of aryl methyl sites for hydroxylation is 1. The number of nitrogens with zero attached hydrogens (tertiary/aromatic N) is 6. The topological polar surface area (TPSA) is 86.6 Å². The molecule has 0 fully saturated rings. The smallest absolute Gasteiger partial charge is 0.257 e. The number of hydrogen-bond donors (Lipinski definition) is 1. The molecular formula is C19H19N7O. The Bertz CT molecular complexity index is 1020. The van der Waals surface area contributed by atoms with Gasteiger partial charge in [0.1, 0.15) is 5.69 Å². The van der Waals surface area contributed by atoms with Crippen LogP contribution < -0.4 is 5.32 Å². The second-order valence-electron chi connectivity index (χ2n) is 6.53. The first-order valence-electron chi connectivity index (χ1n) is 9.04. The van der Waals surface area contributed by atoms with Gasteiger partial charge in [0.25, 0.3) is 5.89 Å². The molecule has 4 aromatic rings. The lowest BCUT2D eigenvalue weighted by Gasteiger charge is -2.03. The number of rotatable bonds is 4. The maximum atomic E-state index is 5.40. The Kier molecular flexibility index (Phi) is 4.02. The largest absolute Gasteiger partial charge is 0.334 e. The molecule has 8 heteroatoms. The second-order valence-corrected chi connectivity index (χ2v) is 6.53. The van der Waals surface area contributed by atoms with Gasteiger partial charge in [-0.1, -0.05) is 23.4 Å². The highest BCUT2D eigenvalue weighted by atomic mass is 16.5. The van der Waals surface area contributed by atoms with E-state index in [2.05, 4.69) is 31.2 Å². The van der Waals surface area contributed by atoms with Crippen LogP contribution in [-0.2, 0) is 19.6 Å². The summed E-state index contributed by atoms with van der Waals surface area (Å²) in [4.78, 5) is 9.00. The van der Waals surface area contributed by atoms with E-state index in [1.807, 2.05) is 41.1 Å². The molecule has 0 aliphatic carbocycles. The average Bonchev–Trinajstić information content (AvgIpc) is 3.41. The fraction of sp³-hybridized carbons (Fsp3) is 0.263. The summed E-state index contributed by atoms with van der Waals surface area (Å²) in [5, 5.41) is 12.3. The van der Waals surface area contributed by atoms with Crippen LogP contribution in [0.2, 0.25) is 0 Å². The van der Waals surface area contributed by atoms with Crippen molar-refractivity contribution in [1.29, 1.82) is 0 Å². The van der Waals surface area contributed by atoms with Crippen molar-refractivity contribution >= 4 is 0 Å². The molecule has 0 spiro atoms. The van der Waals surface area contributed by atoms with Crippen LogP contribution in [0.25, 0.3) is 23.0 Å². The Morgan fingerprint density at radius 2 is 2.11 bits per heavy atom. The molecule has 1 aliphatic heterocycles. The summed E-state index contributed by atoms with van der Waals surface area (Å²) in [5.74, 6) is 1.93. The summed E-state index contributed by atoms with van der Waals surface area (Å²) in [6.45, 7) is 3.26. The minimum absolute atomic E-state index is 0.478. The monoisotopic (exact) mass is 361 g/mol. The number of hydrogen-bond acceptors (Lipinski definition) is 6. The average molecular weight is 361 g/mol. The van der Waals surface area contributed by atoms with Gasteiger partial charge < -0.3 is 14.4 Å². The second kappa shape index (κ2) is 6.81. The maximum absolute atomic E-state index is 5.40. The summed E-state index contributed by atoms with van der Waals surface area (Å²) in [7, 11) is 0. The summed E-state index contributed by atoms with van der Waals surface area (Å²) in [6, 6.07) is 11.9. The van der Waals surface area contributed by atoms with Crippen LogP contribution in [0.5, 0.6) is 0 Å². The molecule has 4 heterocycles. The van der Waals surface area contributed by atoms with Crippen LogP contribution in [0.3, 0.4) is 0 Å². The van der Waals surface area contributed by atoms with Crippen LogP contribution in [0.4, 0.5) is 0 Å². The molecule has 0 saturated heterocycles. The van der Waals surface area contributed by atoms with Gasteiger partial charge in [0.15, 0.2) is 11.6 Å². The zero-order valence-electron chi connectivity index (χ0n) is 14.7. The number of aromatic nitrogens is 6. The highest BCUT2D eigenvalue weighted by Crippen LogP contribution is 2.21. The van der Waals surface area contributed by atoms with E-state index in [0.29, 0.717) is 18.3 Å². The SMILES string of the molecule is c1ccc(-c2nc(Cn3ccnc3-c3cc4n(n3)CCCNC4)no2)cc1. The van der Waals surface area contributed by atoms with Crippen LogP contribution in [0.15, 0.2) is 53.3 Å². The zero-order valence-corrected chi connectivity index (χ0v) is 14.7. The molecule has 0 saturated carbocycles. The van der Waals surface area contributed by atoms with Crippen molar-refractivity contribution in [3.05, 3.63) is 60.3 Å². The molecule has 1 aromatic carbocycles. The summed E-state index contributed by atoms with van der Waals surface area (Å²) >= 11 is 0. The van der Waals surface area contributed by atoms with Gasteiger partial charge in [-0.05, 0) is 31.2 Å². The fourth-order valence-electron chi connectivity index (χ4n) is 3.31. The normalized spacial score (nSPS) is 14.1. The van der Waals surface area contributed by atoms with E-state index in [1.54, 1.807) is 6.20 Å². The van der Waals surface area contributed by atoms with Crippen LogP contribution in [0, 0.1) is 0 Å². The van der Waals surface area contributed by atoms with Crippen LogP contribution >= 0.6 is 0 Å². The predicted octanol–water partition coefficient (Wildman–Crippen LogP) is 2.34. The highest BCUT2D eigenvalue weighted by Gasteiger charge is 2.17. The van der Waals surface area contributed by atoms with E-state index in [0.717, 1.165) is 43.1 Å². The minimum Gasteiger partial charge on any atom is -0.334 e. The lowest BCUT2D eigenvalue weighted by molar-refractivity contribution is 0.420. The first-order valence-corrected chi connectivity index (χ1v) is 9.04. The molecule has 5 rings (SSSR count). The van der Waals surface area contributed by atoms with E-state index < -0.39 is 0 Å². The fourth-order valence-corrected chi connectivity index (χ4v) is 3.31. The molecule has 3 aromatic heterocycles. The van der Waals surface area contributed by atoms with Gasteiger partial charge in [0.2, 0.25) is 0 Å². The third-order valence-corrected chi connectivity index (χ3v) is 4.64. The predicted molar refractivity (Wildman–Crippen MR) is 98.6 cm³/mol. The van der Waals surface area contributed by atoms with Crippen molar-refractivity contribution in [1.82, 2.24) is 34.8 Å². The molecule has 0 atom stereocenters. The van der Waals surface area contributed by atoms with Crippen molar-refractivity contribution in [2.75, 3.05) is 6.54 Å². The van der Waals surface area contributed by atoms with Crippen molar-refractivity contribution in [3.8, 4) is 23.0 Å². The van der Waals surface area contributed by atoms with Crippen molar-refractivity contribution in [3.63, 3.8) is 0 Å². The van der Waals surface area contributed by atoms with Gasteiger partial charge in [-0.15, -0.1) is 0 Å². The molecule has 1 aliphatic rings. The minimum atomic E-state index is 0.478. The van der Waals surface area contributed by atoms with Gasteiger partial charge in [-0.3, -0.25) is 4.68 Å². The van der Waals surface area contributed by atoms with Crippen molar-refractivity contribution < 1.29 is 4.52 Å². The molecule has 136 valence electrons. The molecule has 8 nitrogen and oxygen atoms in total. The van der Waals surface area contributed by atoms with E-state index in [4.69, 9.17) is 9.62 Å². The van der Waals surface area contributed by atoms with Crippen molar-refractivity contribution in [2.45, 2.75) is 26.1 Å². The third-order valence-electron chi connectivity index (χ3n) is 4.64. The number of imidazole rings is 1. The summed E-state index contributed by atoms with van der Waals surface area (Å²) in [6.07, 6.45) is 4.76. The lowest BCUT2D eigenvalue weighted by Crippen LogP contribution is -2.11. The van der Waals surface area contributed by atoms with Gasteiger partial charge >= 0.3 is 0 Å². The quantitative estimate of drug-likeness (QED) is 0.600. The zero-order chi connectivity index (χ0) is 18.1. The first-order chi connectivity index (χ1) is 13.4. The molecule has 27 heavy (non-hydrogen) atoms. The Hall–Kier alpha value is -3.26. The van der Waals surface area contributed by atoms with Crippen molar-refractivity contribution in [2.24, 2.45) is 0 Å². The molecule has 0 bridgehead atoms. The number of fused-ring (bicyclic) bond motifs is 1. The first kappa shape index (κ1) is 16.0. The van der Waals surface area contributed by atoms with Crippen LogP contribution in [-0.4, -0.2) is 36.0 Å². The third kappa shape index (κ3) is 3.15. The molecule has 1 N–H and O–H groups in total. The summed E-state index contributed by atoms with van der Waals surface area (Å²) < 4.78 is 9.46. The Morgan fingerprint density at radius 1 is 1.19 bits per heavy atom. The Balaban J connectivity index is 1.41. The Morgan fingerprint density at radius 3 is 3.04 bits per heavy atom. The Labute approximate surface area is 155 Å².